The second-order valence-corrected chi connectivity index (χ2v) is 20.2. The molecule has 0 bridgehead atoms. The van der Waals surface area contributed by atoms with Crippen LogP contribution in [0.15, 0.2) is 170 Å². The highest BCUT2D eigenvalue weighted by Crippen LogP contribution is 2.13. The van der Waals surface area contributed by atoms with Crippen LogP contribution in [-0.2, 0) is 28.6 Å². The lowest BCUT2D eigenvalue weighted by atomic mass is 10.1. The predicted octanol–water partition coefficient (Wildman–Crippen LogP) is 21.9. The van der Waals surface area contributed by atoms with Crippen molar-refractivity contribution in [2.75, 3.05) is 13.2 Å². The quantitative estimate of drug-likeness (QED) is 0.0261. The molecule has 0 fully saturated rings. The van der Waals surface area contributed by atoms with Crippen LogP contribution in [-0.4, -0.2) is 37.2 Å². The molecule has 1 atom stereocenters. The van der Waals surface area contributed by atoms with E-state index in [1.807, 2.05) is 12.2 Å². The van der Waals surface area contributed by atoms with Crippen molar-refractivity contribution in [2.45, 2.75) is 258 Å². The summed E-state index contributed by atoms with van der Waals surface area (Å²) >= 11 is 0. The lowest BCUT2D eigenvalue weighted by Gasteiger charge is -2.18. The summed E-state index contributed by atoms with van der Waals surface area (Å²) in [6, 6.07) is 0. The Bertz CT molecular complexity index is 1820. The number of hydrogen-bond acceptors (Lipinski definition) is 6. The fourth-order valence-electron chi connectivity index (χ4n) is 8.03. The van der Waals surface area contributed by atoms with E-state index in [-0.39, 0.29) is 31.6 Å². The third-order valence-electron chi connectivity index (χ3n) is 12.7. The first-order valence-corrected chi connectivity index (χ1v) is 31.6. The molecule has 0 aliphatic rings. The Balaban J connectivity index is 4.55. The van der Waals surface area contributed by atoms with Gasteiger partial charge in [-0.05, 0) is 141 Å². The first kappa shape index (κ1) is 73.8. The number of ether oxygens (including phenoxy) is 3. The standard InChI is InChI=1S/C73H114O6/c1-4-7-10-13-16-19-22-25-28-31-33-34-35-36-37-38-40-42-45-48-51-54-57-60-63-66-72(75)78-69-70(68-77-71(74)65-62-59-56-53-50-47-44-41-30-27-24-21-18-15-12-9-6-3)79-73(76)67-64-61-58-55-52-49-46-43-39-32-29-26-23-20-17-14-11-8-5-2/h7-8,10-11,16-21,25-30,33-34,36-37,39-40,42-43,49,52,58,61,70H,4-6,9,12-15,22-24,31-32,35,38,41,44-48,50-51,53-57,59-60,62-69H2,1-3H3/b10-7-,11-8-,19-16-,20-17-,21-18-,28-25-,29-26-,30-27-,34-33-,37-36-,42-40-,43-39-,52-49-,61-58-. The molecule has 0 aromatic carbocycles. The fourth-order valence-corrected chi connectivity index (χ4v) is 8.03. The van der Waals surface area contributed by atoms with E-state index >= 15 is 0 Å². The Kier molecular flexibility index (Phi) is 61.0. The maximum Gasteiger partial charge on any atom is 0.306 e. The van der Waals surface area contributed by atoms with Crippen LogP contribution in [0.1, 0.15) is 252 Å². The third kappa shape index (κ3) is 63.5. The molecule has 0 saturated carbocycles. The first-order valence-electron chi connectivity index (χ1n) is 31.6. The van der Waals surface area contributed by atoms with E-state index in [0.717, 1.165) is 141 Å². The molecule has 79 heavy (non-hydrogen) atoms. The summed E-state index contributed by atoms with van der Waals surface area (Å²) in [6.07, 6.45) is 96.4. The van der Waals surface area contributed by atoms with Crippen molar-refractivity contribution in [3.05, 3.63) is 170 Å². The Labute approximate surface area is 485 Å². The maximum atomic E-state index is 12.9. The van der Waals surface area contributed by atoms with E-state index in [1.165, 1.54) is 64.2 Å². The normalized spacial score (nSPS) is 13.3. The van der Waals surface area contributed by atoms with Crippen molar-refractivity contribution in [3.63, 3.8) is 0 Å². The van der Waals surface area contributed by atoms with Gasteiger partial charge in [-0.2, -0.15) is 0 Å². The van der Waals surface area contributed by atoms with Crippen LogP contribution >= 0.6 is 0 Å². The van der Waals surface area contributed by atoms with Crippen molar-refractivity contribution >= 4 is 17.9 Å². The number of unbranched alkanes of at least 4 members (excludes halogenated alkanes) is 16. The van der Waals surface area contributed by atoms with Crippen LogP contribution in [0.25, 0.3) is 0 Å². The van der Waals surface area contributed by atoms with Gasteiger partial charge in [-0.15, -0.1) is 0 Å². The molecule has 0 N–H and O–H groups in total. The summed E-state index contributed by atoms with van der Waals surface area (Å²) in [4.78, 5) is 38.3. The van der Waals surface area contributed by atoms with Gasteiger partial charge in [0, 0.05) is 19.3 Å². The number of carbonyl (C=O) groups excluding carboxylic acids is 3. The highest BCUT2D eigenvalue weighted by molar-refractivity contribution is 5.71. The summed E-state index contributed by atoms with van der Waals surface area (Å²) in [6.45, 7) is 6.30. The van der Waals surface area contributed by atoms with Gasteiger partial charge in [0.1, 0.15) is 13.2 Å². The number of esters is 3. The molecular weight excluding hydrogens is 973 g/mol. The van der Waals surface area contributed by atoms with Gasteiger partial charge in [0.05, 0.1) is 0 Å². The molecule has 0 aromatic heterocycles. The Hall–Kier alpha value is -5.23. The zero-order valence-electron chi connectivity index (χ0n) is 50.6. The zero-order chi connectivity index (χ0) is 57.1. The van der Waals surface area contributed by atoms with E-state index < -0.39 is 12.1 Å². The van der Waals surface area contributed by atoms with Gasteiger partial charge in [0.15, 0.2) is 6.10 Å². The molecule has 0 radical (unpaired) electrons. The topological polar surface area (TPSA) is 78.9 Å². The Morgan fingerprint density at radius 3 is 0.823 bits per heavy atom. The highest BCUT2D eigenvalue weighted by atomic mass is 16.6. The van der Waals surface area contributed by atoms with E-state index in [0.29, 0.717) is 19.3 Å². The first-order chi connectivity index (χ1) is 39.0. The van der Waals surface area contributed by atoms with Crippen molar-refractivity contribution in [1.82, 2.24) is 0 Å². The number of allylic oxidation sites excluding steroid dienone is 28. The molecule has 0 spiro atoms. The molecule has 0 rings (SSSR count). The van der Waals surface area contributed by atoms with Crippen molar-refractivity contribution < 1.29 is 28.6 Å². The molecule has 6 nitrogen and oxygen atoms in total. The molecule has 0 aliphatic carbocycles. The van der Waals surface area contributed by atoms with Crippen LogP contribution in [0, 0.1) is 0 Å². The lowest BCUT2D eigenvalue weighted by Crippen LogP contribution is -2.30. The number of hydrogen-bond donors (Lipinski definition) is 0. The van der Waals surface area contributed by atoms with Crippen molar-refractivity contribution in [3.8, 4) is 0 Å². The van der Waals surface area contributed by atoms with Crippen molar-refractivity contribution in [2.24, 2.45) is 0 Å². The predicted molar refractivity (Wildman–Crippen MR) is 343 cm³/mol. The van der Waals surface area contributed by atoms with Crippen LogP contribution in [0.2, 0.25) is 0 Å². The van der Waals surface area contributed by atoms with Gasteiger partial charge in [-0.1, -0.05) is 262 Å². The molecule has 0 saturated heterocycles. The van der Waals surface area contributed by atoms with Gasteiger partial charge < -0.3 is 14.2 Å². The number of carbonyl (C=O) groups is 3. The average Bonchev–Trinajstić information content (AvgIpc) is 3.45. The van der Waals surface area contributed by atoms with Crippen LogP contribution in [0.3, 0.4) is 0 Å². The average molecular weight is 1090 g/mol. The molecule has 442 valence electrons. The minimum atomic E-state index is -0.839. The minimum Gasteiger partial charge on any atom is -0.462 e. The van der Waals surface area contributed by atoms with Gasteiger partial charge in [0.2, 0.25) is 0 Å². The molecular formula is C73H114O6. The zero-order valence-corrected chi connectivity index (χ0v) is 50.6. The SMILES string of the molecule is CC/C=C\C/C=C\C/C=C\C/C=C\C/C=C\C/C=C\CCCCCCCCC(=O)OCC(COC(=O)CCCCCCCCC/C=C\C/C=C\CCCCC)OC(=O)CC/C=C\C/C=C\C/C=C\C/C=C\C/C=C\C/C=C\CC. The molecule has 6 heteroatoms. The molecule has 0 heterocycles. The molecule has 1 unspecified atom stereocenters. The second kappa shape index (κ2) is 65.3. The summed E-state index contributed by atoms with van der Waals surface area (Å²) in [5.41, 5.74) is 0. The highest BCUT2D eigenvalue weighted by Gasteiger charge is 2.19. The fraction of sp³-hybridized carbons (Fsp3) is 0.575. The van der Waals surface area contributed by atoms with Gasteiger partial charge in [-0.25, -0.2) is 0 Å². The smallest absolute Gasteiger partial charge is 0.306 e. The van der Waals surface area contributed by atoms with Gasteiger partial charge in [0.25, 0.3) is 0 Å². The summed E-state index contributed by atoms with van der Waals surface area (Å²) < 4.78 is 16.8. The maximum absolute atomic E-state index is 12.9. The van der Waals surface area contributed by atoms with Gasteiger partial charge in [-0.3, -0.25) is 14.4 Å². The minimum absolute atomic E-state index is 0.125. The summed E-state index contributed by atoms with van der Waals surface area (Å²) in [5.74, 6) is -1.04. The van der Waals surface area contributed by atoms with E-state index in [1.54, 1.807) is 0 Å². The Morgan fingerprint density at radius 1 is 0.266 bits per heavy atom. The third-order valence-corrected chi connectivity index (χ3v) is 12.7. The van der Waals surface area contributed by atoms with E-state index in [9.17, 15) is 14.4 Å². The Morgan fingerprint density at radius 2 is 0.519 bits per heavy atom. The summed E-state index contributed by atoms with van der Waals surface area (Å²) in [7, 11) is 0. The second-order valence-electron chi connectivity index (χ2n) is 20.2. The van der Waals surface area contributed by atoms with Crippen LogP contribution in [0.4, 0.5) is 0 Å². The molecule has 0 aromatic rings. The number of rotatable bonds is 55. The summed E-state index contributed by atoms with van der Waals surface area (Å²) in [5, 5.41) is 0. The molecule has 0 amide bonds. The largest absolute Gasteiger partial charge is 0.462 e. The monoisotopic (exact) mass is 1090 g/mol. The van der Waals surface area contributed by atoms with E-state index in [4.69, 9.17) is 14.2 Å². The van der Waals surface area contributed by atoms with Crippen LogP contribution in [0.5, 0.6) is 0 Å². The van der Waals surface area contributed by atoms with Crippen LogP contribution < -0.4 is 0 Å². The van der Waals surface area contributed by atoms with Crippen molar-refractivity contribution in [1.29, 1.82) is 0 Å². The van der Waals surface area contributed by atoms with Gasteiger partial charge >= 0.3 is 17.9 Å². The van der Waals surface area contributed by atoms with E-state index in [2.05, 4.69) is 179 Å². The lowest BCUT2D eigenvalue weighted by molar-refractivity contribution is -0.166. The molecule has 0 aliphatic heterocycles.